The second-order valence-corrected chi connectivity index (χ2v) is 5.38. The van der Waals surface area contributed by atoms with E-state index in [-0.39, 0.29) is 0 Å². The van der Waals surface area contributed by atoms with Crippen LogP contribution in [0.4, 0.5) is 5.82 Å². The molecule has 2 N–H and O–H groups in total. The van der Waals surface area contributed by atoms with E-state index in [4.69, 9.17) is 5.73 Å². The number of hydrogen-bond donors (Lipinski definition) is 1. The van der Waals surface area contributed by atoms with E-state index in [1.165, 1.54) is 18.4 Å². The monoisotopic (exact) mass is 249 g/mol. The lowest BCUT2D eigenvalue weighted by molar-refractivity contribution is 0.157. The maximum Gasteiger partial charge on any atom is 0.123 e. The van der Waals surface area contributed by atoms with Crippen LogP contribution in [0.2, 0.25) is 0 Å². The Kier molecular flexibility index (Phi) is 6.13. The Balaban J connectivity index is 2.73. The van der Waals surface area contributed by atoms with E-state index in [1.807, 2.05) is 12.3 Å². The molecule has 0 aliphatic rings. The summed E-state index contributed by atoms with van der Waals surface area (Å²) in [5, 5.41) is 0. The lowest BCUT2D eigenvalue weighted by Crippen LogP contribution is -2.36. The van der Waals surface area contributed by atoms with E-state index in [9.17, 15) is 0 Å². The van der Waals surface area contributed by atoms with Crippen molar-refractivity contribution in [2.75, 3.05) is 12.3 Å². The first-order chi connectivity index (χ1) is 8.56. The number of hydrogen-bond acceptors (Lipinski definition) is 3. The molecule has 0 aliphatic heterocycles. The van der Waals surface area contributed by atoms with Crippen LogP contribution in [0.15, 0.2) is 18.3 Å². The van der Waals surface area contributed by atoms with Crippen molar-refractivity contribution >= 4 is 5.82 Å². The fraction of sp³-hybridized carbons (Fsp3) is 0.667. The standard InChI is InChI=1S/C15H27N3/c1-5-14(6-2)18(10-12(3)4)11-13-7-8-15(16)17-9-13/h7-9,12,14H,5-6,10-11H2,1-4H3,(H2,16,17). The zero-order valence-corrected chi connectivity index (χ0v) is 12.2. The summed E-state index contributed by atoms with van der Waals surface area (Å²) < 4.78 is 0. The summed E-state index contributed by atoms with van der Waals surface area (Å²) in [5.74, 6) is 1.28. The number of aromatic nitrogens is 1. The van der Waals surface area contributed by atoms with Crippen LogP contribution in [-0.2, 0) is 6.54 Å². The third kappa shape index (κ3) is 4.65. The second kappa shape index (κ2) is 7.37. The molecule has 0 fully saturated rings. The molecule has 0 aliphatic carbocycles. The van der Waals surface area contributed by atoms with Crippen LogP contribution in [0.5, 0.6) is 0 Å². The molecule has 0 unspecified atom stereocenters. The van der Waals surface area contributed by atoms with Crippen molar-refractivity contribution in [3.05, 3.63) is 23.9 Å². The van der Waals surface area contributed by atoms with Crippen molar-refractivity contribution in [3.63, 3.8) is 0 Å². The number of nitrogen functional groups attached to an aromatic ring is 1. The highest BCUT2D eigenvalue weighted by Gasteiger charge is 2.16. The van der Waals surface area contributed by atoms with Crippen LogP contribution >= 0.6 is 0 Å². The lowest BCUT2D eigenvalue weighted by atomic mass is 10.1. The van der Waals surface area contributed by atoms with Crippen molar-refractivity contribution in [2.45, 2.75) is 53.1 Å². The smallest absolute Gasteiger partial charge is 0.123 e. The van der Waals surface area contributed by atoms with Gasteiger partial charge in [-0.1, -0.05) is 33.8 Å². The molecule has 0 saturated carbocycles. The molecular formula is C15H27N3. The first kappa shape index (κ1) is 15.0. The van der Waals surface area contributed by atoms with Gasteiger partial charge in [-0.3, -0.25) is 4.90 Å². The molecule has 0 aromatic carbocycles. The van der Waals surface area contributed by atoms with Gasteiger partial charge in [0, 0.05) is 25.3 Å². The zero-order valence-electron chi connectivity index (χ0n) is 12.2. The number of anilines is 1. The number of nitrogens with zero attached hydrogens (tertiary/aromatic N) is 2. The molecule has 0 amide bonds. The van der Waals surface area contributed by atoms with Gasteiger partial charge in [0.15, 0.2) is 0 Å². The summed E-state index contributed by atoms with van der Waals surface area (Å²) in [4.78, 5) is 6.74. The van der Waals surface area contributed by atoms with Gasteiger partial charge in [0.1, 0.15) is 5.82 Å². The molecule has 1 aromatic rings. The van der Waals surface area contributed by atoms with E-state index in [1.54, 1.807) is 0 Å². The summed E-state index contributed by atoms with van der Waals surface area (Å²) in [7, 11) is 0. The minimum Gasteiger partial charge on any atom is -0.384 e. The van der Waals surface area contributed by atoms with Gasteiger partial charge in [0.05, 0.1) is 0 Å². The Morgan fingerprint density at radius 1 is 1.22 bits per heavy atom. The molecular weight excluding hydrogens is 222 g/mol. The molecule has 3 heteroatoms. The van der Waals surface area contributed by atoms with Crippen molar-refractivity contribution < 1.29 is 0 Å². The van der Waals surface area contributed by atoms with Crippen LogP contribution in [0.25, 0.3) is 0 Å². The average molecular weight is 249 g/mol. The van der Waals surface area contributed by atoms with Crippen molar-refractivity contribution in [1.29, 1.82) is 0 Å². The van der Waals surface area contributed by atoms with Crippen molar-refractivity contribution in [2.24, 2.45) is 5.92 Å². The van der Waals surface area contributed by atoms with Crippen LogP contribution < -0.4 is 5.73 Å². The Bertz CT molecular complexity index is 328. The van der Waals surface area contributed by atoms with E-state index in [2.05, 4.69) is 43.6 Å². The molecule has 0 spiro atoms. The molecule has 18 heavy (non-hydrogen) atoms. The maximum atomic E-state index is 5.63. The number of rotatable bonds is 7. The van der Waals surface area contributed by atoms with Crippen molar-refractivity contribution in [1.82, 2.24) is 9.88 Å². The molecule has 1 rings (SSSR count). The molecule has 102 valence electrons. The first-order valence-electron chi connectivity index (χ1n) is 7.01. The summed E-state index contributed by atoms with van der Waals surface area (Å²) in [5.41, 5.74) is 6.87. The molecule has 0 saturated heterocycles. The Labute approximate surface area is 111 Å². The van der Waals surface area contributed by atoms with E-state index in [0.29, 0.717) is 17.8 Å². The van der Waals surface area contributed by atoms with Gasteiger partial charge in [-0.15, -0.1) is 0 Å². The van der Waals surface area contributed by atoms with Crippen LogP contribution in [-0.4, -0.2) is 22.5 Å². The third-order valence-corrected chi connectivity index (χ3v) is 3.29. The van der Waals surface area contributed by atoms with Crippen molar-refractivity contribution in [3.8, 4) is 0 Å². The topological polar surface area (TPSA) is 42.1 Å². The molecule has 0 bridgehead atoms. The Hall–Kier alpha value is -1.09. The summed E-state index contributed by atoms with van der Waals surface area (Å²) in [6.45, 7) is 11.2. The lowest BCUT2D eigenvalue weighted by Gasteiger charge is -2.31. The third-order valence-electron chi connectivity index (χ3n) is 3.29. The van der Waals surface area contributed by atoms with Gasteiger partial charge < -0.3 is 5.73 Å². The Morgan fingerprint density at radius 3 is 2.33 bits per heavy atom. The normalized spacial score (nSPS) is 11.7. The summed E-state index contributed by atoms with van der Waals surface area (Å²) >= 11 is 0. The fourth-order valence-corrected chi connectivity index (χ4v) is 2.38. The molecule has 1 heterocycles. The van der Waals surface area contributed by atoms with Gasteiger partial charge in [-0.2, -0.15) is 0 Å². The van der Waals surface area contributed by atoms with Gasteiger partial charge >= 0.3 is 0 Å². The van der Waals surface area contributed by atoms with Crippen LogP contribution in [0.3, 0.4) is 0 Å². The van der Waals surface area contributed by atoms with Gasteiger partial charge in [0.2, 0.25) is 0 Å². The summed E-state index contributed by atoms with van der Waals surface area (Å²) in [6, 6.07) is 4.62. The summed E-state index contributed by atoms with van der Waals surface area (Å²) in [6.07, 6.45) is 4.29. The highest BCUT2D eigenvalue weighted by atomic mass is 15.2. The van der Waals surface area contributed by atoms with E-state index < -0.39 is 0 Å². The maximum absolute atomic E-state index is 5.63. The Morgan fingerprint density at radius 2 is 1.89 bits per heavy atom. The quantitative estimate of drug-likeness (QED) is 0.806. The zero-order chi connectivity index (χ0) is 13.5. The minimum atomic E-state index is 0.594. The molecule has 3 nitrogen and oxygen atoms in total. The average Bonchev–Trinajstić information content (AvgIpc) is 2.33. The SMILES string of the molecule is CCC(CC)N(Cc1ccc(N)nc1)CC(C)C. The predicted molar refractivity (Wildman–Crippen MR) is 78.3 cm³/mol. The van der Waals surface area contributed by atoms with E-state index in [0.717, 1.165) is 13.1 Å². The highest BCUT2D eigenvalue weighted by molar-refractivity contribution is 5.29. The van der Waals surface area contributed by atoms with Gasteiger partial charge in [-0.05, 0) is 30.4 Å². The number of pyridine rings is 1. The molecule has 0 atom stereocenters. The van der Waals surface area contributed by atoms with Crippen LogP contribution in [0, 0.1) is 5.92 Å². The predicted octanol–water partition coefficient (Wildman–Crippen LogP) is 3.31. The molecule has 1 aromatic heterocycles. The van der Waals surface area contributed by atoms with Crippen LogP contribution in [0.1, 0.15) is 46.1 Å². The molecule has 0 radical (unpaired) electrons. The minimum absolute atomic E-state index is 0.594. The van der Waals surface area contributed by atoms with Gasteiger partial charge in [0.25, 0.3) is 0 Å². The first-order valence-corrected chi connectivity index (χ1v) is 7.01. The number of nitrogens with two attached hydrogens (primary N) is 1. The fourth-order valence-electron chi connectivity index (χ4n) is 2.38. The second-order valence-electron chi connectivity index (χ2n) is 5.38. The van der Waals surface area contributed by atoms with E-state index >= 15 is 0 Å². The highest BCUT2D eigenvalue weighted by Crippen LogP contribution is 2.15. The largest absolute Gasteiger partial charge is 0.384 e. The van der Waals surface area contributed by atoms with Gasteiger partial charge in [-0.25, -0.2) is 4.98 Å².